The number of phenolic OH excluding ortho intramolecular Hbond substituents is 1. The largest absolute Gasteiger partial charge is 0.508 e. The number of hydrogen-bond acceptors (Lipinski definition) is 11. The minimum absolute atomic E-state index is 0.0271. The Labute approximate surface area is 231 Å². The van der Waals surface area contributed by atoms with E-state index in [0.29, 0.717) is 31.3 Å². The molecule has 40 heavy (non-hydrogen) atoms. The van der Waals surface area contributed by atoms with Crippen LogP contribution in [-0.2, 0) is 35.0 Å². The second kappa shape index (κ2) is 13.5. The fourth-order valence-electron chi connectivity index (χ4n) is 4.99. The Morgan fingerprint density at radius 3 is 2.50 bits per heavy atom. The van der Waals surface area contributed by atoms with Crippen molar-refractivity contribution in [3.63, 3.8) is 0 Å². The molecule has 0 aromatic heterocycles. The Morgan fingerprint density at radius 1 is 1.02 bits per heavy atom. The first kappa shape index (κ1) is 29.9. The molecule has 0 radical (unpaired) electrons. The maximum atomic E-state index is 12.4. The van der Waals surface area contributed by atoms with E-state index in [2.05, 4.69) is 6.58 Å². The van der Waals surface area contributed by atoms with Crippen LogP contribution in [0.1, 0.15) is 31.2 Å². The number of carbonyl (C=O) groups excluding carboxylic acids is 2. The number of carbonyl (C=O) groups is 2. The highest BCUT2D eigenvalue weighted by molar-refractivity contribution is 5.91. The Morgan fingerprint density at radius 2 is 1.77 bits per heavy atom. The van der Waals surface area contributed by atoms with Crippen molar-refractivity contribution in [3.8, 4) is 5.75 Å². The predicted octanol–water partition coefficient (Wildman–Crippen LogP) is 0.819. The topological polar surface area (TPSA) is 172 Å². The van der Waals surface area contributed by atoms with Gasteiger partial charge in [0.25, 0.3) is 0 Å². The fraction of sp³-hybridized carbons (Fsp3) is 0.517. The highest BCUT2D eigenvalue weighted by Crippen LogP contribution is 2.34. The number of rotatable bonds is 8. The number of benzene rings is 1. The number of esters is 2. The molecular weight excluding hydrogens is 524 g/mol. The van der Waals surface area contributed by atoms with Crippen LogP contribution in [0.5, 0.6) is 5.75 Å². The molecule has 1 aromatic rings. The van der Waals surface area contributed by atoms with Crippen LogP contribution in [-0.4, -0.2) is 94.1 Å². The predicted molar refractivity (Wildman–Crippen MR) is 140 cm³/mol. The van der Waals surface area contributed by atoms with Crippen LogP contribution in [0.4, 0.5) is 0 Å². The zero-order chi connectivity index (χ0) is 28.8. The molecule has 4 rings (SSSR count). The number of aliphatic hydroxyl groups is 4. The molecule has 7 atom stereocenters. The summed E-state index contributed by atoms with van der Waals surface area (Å²) >= 11 is 0. The van der Waals surface area contributed by atoms with Crippen molar-refractivity contribution in [1.82, 2.24) is 0 Å². The van der Waals surface area contributed by atoms with Crippen LogP contribution in [0.3, 0.4) is 0 Å². The van der Waals surface area contributed by atoms with Crippen LogP contribution < -0.4 is 0 Å². The van der Waals surface area contributed by atoms with Crippen molar-refractivity contribution in [2.45, 2.75) is 68.9 Å². The Balaban J connectivity index is 1.41. The first-order valence-corrected chi connectivity index (χ1v) is 13.3. The molecule has 2 aliphatic heterocycles. The van der Waals surface area contributed by atoms with Crippen LogP contribution in [0, 0.1) is 5.92 Å². The zero-order valence-corrected chi connectivity index (χ0v) is 22.1. The van der Waals surface area contributed by atoms with Crippen molar-refractivity contribution < 1.29 is 54.1 Å². The second-order valence-corrected chi connectivity index (χ2v) is 10.3. The van der Waals surface area contributed by atoms with Gasteiger partial charge in [-0.05, 0) is 60.6 Å². The summed E-state index contributed by atoms with van der Waals surface area (Å²) in [6.07, 6.45) is -1.47. The van der Waals surface area contributed by atoms with Gasteiger partial charge < -0.3 is 44.5 Å². The molecule has 218 valence electrons. The Kier molecular flexibility index (Phi) is 10.1. The van der Waals surface area contributed by atoms with Crippen molar-refractivity contribution in [3.05, 3.63) is 65.3 Å². The molecule has 2 fully saturated rings. The van der Waals surface area contributed by atoms with Gasteiger partial charge in [0.15, 0.2) is 6.29 Å². The number of phenols is 1. The monoisotopic (exact) mass is 560 g/mol. The summed E-state index contributed by atoms with van der Waals surface area (Å²) in [5, 5.41) is 49.2. The highest BCUT2D eigenvalue weighted by Gasteiger charge is 2.44. The van der Waals surface area contributed by atoms with Gasteiger partial charge in [-0.25, -0.2) is 4.79 Å². The van der Waals surface area contributed by atoms with E-state index in [1.165, 1.54) is 12.1 Å². The quantitative estimate of drug-likeness (QED) is 0.173. The Hall–Kier alpha value is -3.06. The molecule has 7 unspecified atom stereocenters. The summed E-state index contributed by atoms with van der Waals surface area (Å²) in [5.41, 5.74) is 2.72. The van der Waals surface area contributed by atoms with E-state index in [9.17, 15) is 35.1 Å². The second-order valence-electron chi connectivity index (χ2n) is 10.3. The van der Waals surface area contributed by atoms with Crippen LogP contribution in [0.15, 0.2) is 59.7 Å². The minimum Gasteiger partial charge on any atom is -0.508 e. The number of aliphatic hydroxyl groups excluding tert-OH is 4. The number of aromatic hydroxyl groups is 1. The van der Waals surface area contributed by atoms with E-state index in [4.69, 9.17) is 18.9 Å². The molecule has 0 amide bonds. The highest BCUT2D eigenvalue weighted by atomic mass is 16.7. The molecule has 3 aliphatic rings. The zero-order valence-electron chi connectivity index (χ0n) is 22.1. The van der Waals surface area contributed by atoms with Crippen molar-refractivity contribution >= 4 is 11.9 Å². The minimum atomic E-state index is -1.56. The lowest BCUT2D eigenvalue weighted by Gasteiger charge is -2.39. The first-order valence-electron chi connectivity index (χ1n) is 13.3. The standard InChI is InChI=1S/C29H36O11/c1-16-21-10-7-18(14-37-24(32)12-17-5-8-20(31)9-6-17)3-2-4-19(11-22(21)39-28(16)36)15-38-29-27(35)26(34)25(33)23(13-30)40-29/h3,5-6,8-9,11,21-23,25-27,29-31,33-35H,1-2,4,7,10,12-15H2. The summed E-state index contributed by atoms with van der Waals surface area (Å²) in [5.74, 6) is -1.06. The van der Waals surface area contributed by atoms with Gasteiger partial charge in [-0.15, -0.1) is 0 Å². The Bertz CT molecular complexity index is 1120. The lowest BCUT2D eigenvalue weighted by molar-refractivity contribution is -0.299. The molecule has 2 heterocycles. The van der Waals surface area contributed by atoms with Gasteiger partial charge >= 0.3 is 11.9 Å². The molecule has 1 aromatic carbocycles. The maximum Gasteiger partial charge on any atom is 0.334 e. The molecule has 11 nitrogen and oxygen atoms in total. The van der Waals surface area contributed by atoms with E-state index in [-0.39, 0.29) is 31.3 Å². The number of ether oxygens (including phenoxy) is 4. The lowest BCUT2D eigenvalue weighted by atomic mass is 9.88. The molecule has 11 heteroatoms. The molecule has 0 spiro atoms. The first-order chi connectivity index (χ1) is 19.2. The number of allylic oxidation sites excluding steroid dienone is 1. The third kappa shape index (κ3) is 7.36. The molecule has 5 N–H and O–H groups in total. The van der Waals surface area contributed by atoms with Crippen molar-refractivity contribution in [2.24, 2.45) is 5.92 Å². The van der Waals surface area contributed by atoms with Gasteiger partial charge in [-0.3, -0.25) is 4.79 Å². The third-order valence-electron chi connectivity index (χ3n) is 7.41. The average molecular weight is 561 g/mol. The van der Waals surface area contributed by atoms with Gasteiger partial charge in [0, 0.05) is 11.5 Å². The van der Waals surface area contributed by atoms with Crippen molar-refractivity contribution in [2.75, 3.05) is 19.8 Å². The van der Waals surface area contributed by atoms with Gasteiger partial charge in [0.05, 0.1) is 19.6 Å². The summed E-state index contributed by atoms with van der Waals surface area (Å²) in [6, 6.07) is 6.32. The van der Waals surface area contributed by atoms with E-state index in [0.717, 1.165) is 16.7 Å². The average Bonchev–Trinajstić information content (AvgIpc) is 3.21. The van der Waals surface area contributed by atoms with Gasteiger partial charge in [0.1, 0.15) is 42.9 Å². The normalized spacial score (nSPS) is 31.1. The lowest BCUT2D eigenvalue weighted by Crippen LogP contribution is -2.59. The van der Waals surface area contributed by atoms with E-state index >= 15 is 0 Å². The van der Waals surface area contributed by atoms with Gasteiger partial charge in [-0.2, -0.15) is 0 Å². The number of fused-ring (bicyclic) bond motifs is 1. The maximum absolute atomic E-state index is 12.4. The summed E-state index contributed by atoms with van der Waals surface area (Å²) in [6.45, 7) is 3.40. The van der Waals surface area contributed by atoms with Gasteiger partial charge in [0.2, 0.25) is 0 Å². The summed E-state index contributed by atoms with van der Waals surface area (Å²) in [7, 11) is 0. The van der Waals surface area contributed by atoms with Crippen LogP contribution in [0.25, 0.3) is 0 Å². The van der Waals surface area contributed by atoms with E-state index < -0.39 is 55.4 Å². The molecule has 0 bridgehead atoms. The van der Waals surface area contributed by atoms with Crippen molar-refractivity contribution in [1.29, 1.82) is 0 Å². The fourth-order valence-corrected chi connectivity index (χ4v) is 4.99. The SMILES string of the molecule is C=C1C(=O)OC2C=C(COC3OC(CO)C(O)C(O)C3O)CCC=C(COC(=O)Cc3ccc(O)cc3)CCC12. The molecule has 2 saturated heterocycles. The third-order valence-corrected chi connectivity index (χ3v) is 7.41. The smallest absolute Gasteiger partial charge is 0.334 e. The molecule has 1 aliphatic carbocycles. The van der Waals surface area contributed by atoms with E-state index in [1.807, 2.05) is 6.08 Å². The van der Waals surface area contributed by atoms with Gasteiger partial charge in [-0.1, -0.05) is 24.8 Å². The van der Waals surface area contributed by atoms with Crippen LogP contribution >= 0.6 is 0 Å². The van der Waals surface area contributed by atoms with E-state index in [1.54, 1.807) is 18.2 Å². The summed E-state index contributed by atoms with van der Waals surface area (Å²) < 4.78 is 22.2. The van der Waals surface area contributed by atoms with Crippen LogP contribution in [0.2, 0.25) is 0 Å². The molecular formula is C29H36O11. The number of hydrogen-bond donors (Lipinski definition) is 5. The summed E-state index contributed by atoms with van der Waals surface area (Å²) in [4.78, 5) is 24.7. The molecule has 0 saturated carbocycles.